The molecule has 2 rings (SSSR count). The number of pyridine rings is 1. The second-order valence-electron chi connectivity index (χ2n) is 5.04. The van der Waals surface area contributed by atoms with E-state index in [4.69, 9.17) is 5.11 Å². The van der Waals surface area contributed by atoms with Crippen LogP contribution in [0.3, 0.4) is 0 Å². The van der Waals surface area contributed by atoms with Gasteiger partial charge in [0.2, 0.25) is 0 Å². The summed E-state index contributed by atoms with van der Waals surface area (Å²) < 4.78 is 0. The molecule has 0 bridgehead atoms. The molecule has 0 amide bonds. The van der Waals surface area contributed by atoms with Gasteiger partial charge in [-0.1, -0.05) is 18.2 Å². The Hall–Kier alpha value is -2.14. The van der Waals surface area contributed by atoms with Crippen molar-refractivity contribution >= 4 is 22.6 Å². The van der Waals surface area contributed by atoms with Crippen molar-refractivity contribution in [3.05, 3.63) is 36.0 Å². The minimum atomic E-state index is -1.07. The van der Waals surface area contributed by atoms with Gasteiger partial charge in [-0.2, -0.15) is 0 Å². The Morgan fingerprint density at radius 2 is 2.05 bits per heavy atom. The first-order valence-corrected chi connectivity index (χ1v) is 5.96. The predicted octanol–water partition coefficient (Wildman–Crippen LogP) is 2.12. The van der Waals surface area contributed by atoms with Crippen LogP contribution in [0.5, 0.6) is 0 Å². The van der Waals surface area contributed by atoms with Crippen molar-refractivity contribution < 1.29 is 15.0 Å². The van der Waals surface area contributed by atoms with Gasteiger partial charge in [0.25, 0.3) is 0 Å². The molecule has 1 aromatic heterocycles. The normalized spacial score (nSPS) is 11.5. The maximum absolute atomic E-state index is 11.1. The van der Waals surface area contributed by atoms with Crippen LogP contribution in [-0.2, 0) is 0 Å². The van der Waals surface area contributed by atoms with E-state index in [9.17, 15) is 9.90 Å². The Bertz CT molecular complexity index is 618. The van der Waals surface area contributed by atoms with Crippen molar-refractivity contribution in [3.63, 3.8) is 0 Å². The summed E-state index contributed by atoms with van der Waals surface area (Å²) in [4.78, 5) is 15.1. The van der Waals surface area contributed by atoms with Crippen molar-refractivity contribution in [2.45, 2.75) is 19.4 Å². The number of rotatable bonds is 4. The van der Waals surface area contributed by atoms with Gasteiger partial charge in [0.1, 0.15) is 0 Å². The Labute approximate surface area is 110 Å². The maximum Gasteiger partial charge on any atom is 0.354 e. The van der Waals surface area contributed by atoms with Crippen LogP contribution < -0.4 is 5.32 Å². The van der Waals surface area contributed by atoms with Gasteiger partial charge in [-0.3, -0.25) is 0 Å². The molecule has 100 valence electrons. The van der Waals surface area contributed by atoms with Crippen molar-refractivity contribution in [1.82, 2.24) is 4.98 Å². The van der Waals surface area contributed by atoms with Gasteiger partial charge in [-0.25, -0.2) is 9.78 Å². The number of carbonyl (C=O) groups is 1. The number of aliphatic hydroxyl groups is 1. The molecule has 0 unspecified atom stereocenters. The Morgan fingerprint density at radius 3 is 2.68 bits per heavy atom. The van der Waals surface area contributed by atoms with Crippen LogP contribution in [0.4, 0.5) is 5.69 Å². The van der Waals surface area contributed by atoms with E-state index >= 15 is 0 Å². The highest BCUT2D eigenvalue weighted by molar-refractivity contribution is 5.97. The summed E-state index contributed by atoms with van der Waals surface area (Å²) in [5.41, 5.74) is 0.371. The number of benzene rings is 1. The topological polar surface area (TPSA) is 82.5 Å². The third kappa shape index (κ3) is 3.20. The molecule has 1 aromatic carbocycles. The Morgan fingerprint density at radius 1 is 1.37 bits per heavy atom. The van der Waals surface area contributed by atoms with Gasteiger partial charge in [-0.15, -0.1) is 0 Å². The fraction of sp³-hybridized carbons (Fsp3) is 0.286. The number of hydrogen-bond donors (Lipinski definition) is 3. The lowest BCUT2D eigenvalue weighted by Crippen LogP contribution is -2.29. The van der Waals surface area contributed by atoms with Crippen molar-refractivity contribution in [3.8, 4) is 0 Å². The molecule has 5 heteroatoms. The fourth-order valence-corrected chi connectivity index (χ4v) is 1.74. The van der Waals surface area contributed by atoms with Gasteiger partial charge in [0.05, 0.1) is 11.1 Å². The standard InChI is InChI=1S/C14H16N2O3/c1-14(2,19)8-15-11-7-12(13(17)18)16-10-6-4-3-5-9(10)11/h3-7,19H,8H2,1-2H3,(H,15,16)(H,17,18). The summed E-state index contributed by atoms with van der Waals surface area (Å²) >= 11 is 0. The molecule has 3 N–H and O–H groups in total. The molecular weight excluding hydrogens is 244 g/mol. The number of aromatic carboxylic acids is 1. The first-order chi connectivity index (χ1) is 8.87. The average molecular weight is 260 g/mol. The Kier molecular flexibility index (Phi) is 3.40. The third-order valence-electron chi connectivity index (χ3n) is 2.65. The van der Waals surface area contributed by atoms with Gasteiger partial charge >= 0.3 is 5.97 Å². The van der Waals surface area contributed by atoms with Gasteiger partial charge in [-0.05, 0) is 26.0 Å². The molecule has 5 nitrogen and oxygen atoms in total. The summed E-state index contributed by atoms with van der Waals surface area (Å²) in [6.07, 6.45) is 0. The largest absolute Gasteiger partial charge is 0.477 e. The van der Waals surface area contributed by atoms with Crippen molar-refractivity contribution in [2.75, 3.05) is 11.9 Å². The van der Waals surface area contributed by atoms with Crippen molar-refractivity contribution in [2.24, 2.45) is 0 Å². The molecule has 0 aliphatic heterocycles. The highest BCUT2D eigenvalue weighted by atomic mass is 16.4. The van der Waals surface area contributed by atoms with Crippen LogP contribution in [-0.4, -0.2) is 33.3 Å². The molecule has 19 heavy (non-hydrogen) atoms. The zero-order chi connectivity index (χ0) is 14.0. The van der Waals surface area contributed by atoms with E-state index in [1.54, 1.807) is 26.0 Å². The number of para-hydroxylation sites is 1. The predicted molar refractivity (Wildman–Crippen MR) is 73.5 cm³/mol. The lowest BCUT2D eigenvalue weighted by molar-refractivity contribution is 0.0691. The molecule has 0 saturated carbocycles. The molecule has 0 fully saturated rings. The molecule has 0 radical (unpaired) electrons. The fourth-order valence-electron chi connectivity index (χ4n) is 1.74. The van der Waals surface area contributed by atoms with E-state index in [-0.39, 0.29) is 5.69 Å². The number of carboxylic acid groups (broad SMARTS) is 1. The molecular formula is C14H16N2O3. The molecule has 0 saturated heterocycles. The van der Waals surface area contributed by atoms with E-state index in [1.807, 2.05) is 12.1 Å². The highest BCUT2D eigenvalue weighted by Gasteiger charge is 2.15. The monoisotopic (exact) mass is 260 g/mol. The number of anilines is 1. The van der Waals surface area contributed by atoms with Gasteiger partial charge < -0.3 is 15.5 Å². The maximum atomic E-state index is 11.1. The van der Waals surface area contributed by atoms with Crippen LogP contribution in [0.1, 0.15) is 24.3 Å². The lowest BCUT2D eigenvalue weighted by Gasteiger charge is -2.19. The zero-order valence-corrected chi connectivity index (χ0v) is 10.8. The van der Waals surface area contributed by atoms with E-state index < -0.39 is 11.6 Å². The summed E-state index contributed by atoms with van der Waals surface area (Å²) in [6, 6.07) is 8.77. The molecule has 0 aliphatic carbocycles. The second-order valence-corrected chi connectivity index (χ2v) is 5.04. The van der Waals surface area contributed by atoms with Gasteiger partial charge in [0, 0.05) is 17.6 Å². The number of nitrogens with zero attached hydrogens (tertiary/aromatic N) is 1. The second kappa shape index (κ2) is 4.85. The first kappa shape index (κ1) is 13.3. The minimum Gasteiger partial charge on any atom is -0.477 e. The number of nitrogens with one attached hydrogen (secondary N) is 1. The van der Waals surface area contributed by atoms with Crippen LogP contribution in [0.15, 0.2) is 30.3 Å². The number of hydrogen-bond acceptors (Lipinski definition) is 4. The van der Waals surface area contributed by atoms with Crippen molar-refractivity contribution in [1.29, 1.82) is 0 Å². The summed E-state index contributed by atoms with van der Waals surface area (Å²) in [5.74, 6) is -1.07. The summed E-state index contributed by atoms with van der Waals surface area (Å²) in [6.45, 7) is 3.68. The first-order valence-electron chi connectivity index (χ1n) is 5.96. The van der Waals surface area contributed by atoms with E-state index in [2.05, 4.69) is 10.3 Å². The van der Waals surface area contributed by atoms with E-state index in [0.717, 1.165) is 5.39 Å². The van der Waals surface area contributed by atoms with E-state index in [0.29, 0.717) is 17.7 Å². The number of aromatic nitrogens is 1. The summed E-state index contributed by atoms with van der Waals surface area (Å²) in [5, 5.41) is 22.7. The molecule has 0 atom stereocenters. The van der Waals surface area contributed by atoms with Gasteiger partial charge in [0.15, 0.2) is 5.69 Å². The van der Waals surface area contributed by atoms with Crippen LogP contribution in [0.25, 0.3) is 10.9 Å². The molecule has 2 aromatic rings. The minimum absolute atomic E-state index is 0.0167. The molecule has 0 spiro atoms. The van der Waals surface area contributed by atoms with E-state index in [1.165, 1.54) is 6.07 Å². The summed E-state index contributed by atoms with van der Waals surface area (Å²) in [7, 11) is 0. The lowest BCUT2D eigenvalue weighted by atomic mass is 10.1. The smallest absolute Gasteiger partial charge is 0.354 e. The SMILES string of the molecule is CC(C)(O)CNc1cc(C(=O)O)nc2ccccc12. The highest BCUT2D eigenvalue weighted by Crippen LogP contribution is 2.23. The quantitative estimate of drug-likeness (QED) is 0.784. The Balaban J connectivity index is 2.47. The number of carboxylic acids is 1. The number of fused-ring (bicyclic) bond motifs is 1. The van der Waals surface area contributed by atoms with Crippen LogP contribution >= 0.6 is 0 Å². The molecule has 1 heterocycles. The van der Waals surface area contributed by atoms with Crippen LogP contribution in [0.2, 0.25) is 0 Å². The molecule has 0 aliphatic rings. The van der Waals surface area contributed by atoms with Crippen LogP contribution in [0, 0.1) is 0 Å². The third-order valence-corrected chi connectivity index (χ3v) is 2.65. The average Bonchev–Trinajstić information content (AvgIpc) is 2.34. The zero-order valence-electron chi connectivity index (χ0n) is 10.8.